The van der Waals surface area contributed by atoms with Crippen LogP contribution < -0.4 is 14.2 Å². The molecule has 5 heteroatoms. The lowest BCUT2D eigenvalue weighted by Crippen LogP contribution is -2.21. The third kappa shape index (κ3) is 5.66. The maximum atomic E-state index is 11.5. The van der Waals surface area contributed by atoms with Crippen molar-refractivity contribution in [1.29, 1.82) is 0 Å². The molecular formula is C29H24O5. The molecule has 1 N–H and O–H groups in total. The fourth-order valence-corrected chi connectivity index (χ4v) is 3.21. The molecule has 0 aromatic heterocycles. The second kappa shape index (κ2) is 11.4. The van der Waals surface area contributed by atoms with E-state index in [4.69, 9.17) is 14.2 Å². The molecule has 34 heavy (non-hydrogen) atoms. The second-order valence-electron chi connectivity index (χ2n) is 7.07. The van der Waals surface area contributed by atoms with Gasteiger partial charge < -0.3 is 19.3 Å². The molecule has 0 bridgehead atoms. The molecular weight excluding hydrogens is 428 g/mol. The van der Waals surface area contributed by atoms with Gasteiger partial charge in [0.25, 0.3) is 0 Å². The quantitative estimate of drug-likeness (QED) is 0.344. The van der Waals surface area contributed by atoms with Gasteiger partial charge in [-0.05, 0) is 47.7 Å². The van der Waals surface area contributed by atoms with Crippen molar-refractivity contribution < 1.29 is 24.1 Å². The Morgan fingerprint density at radius 1 is 0.853 bits per heavy atom. The third-order valence-corrected chi connectivity index (χ3v) is 4.94. The van der Waals surface area contributed by atoms with E-state index in [1.165, 1.54) is 27.4 Å². The number of aldehydes is 1. The van der Waals surface area contributed by atoms with E-state index in [1.54, 1.807) is 36.4 Å². The predicted molar refractivity (Wildman–Crippen MR) is 132 cm³/mol. The third-order valence-electron chi connectivity index (χ3n) is 4.94. The molecule has 0 spiro atoms. The van der Waals surface area contributed by atoms with Gasteiger partial charge in [-0.1, -0.05) is 60.4 Å². The summed E-state index contributed by atoms with van der Waals surface area (Å²) in [6, 6.07) is 21.6. The zero-order valence-electron chi connectivity index (χ0n) is 19.2. The molecule has 0 saturated carbocycles. The van der Waals surface area contributed by atoms with Gasteiger partial charge in [0.1, 0.15) is 6.29 Å². The molecule has 0 aliphatic heterocycles. The first-order valence-electron chi connectivity index (χ1n) is 10.4. The first kappa shape index (κ1) is 24.2. The van der Waals surface area contributed by atoms with Crippen molar-refractivity contribution in [3.05, 3.63) is 95.6 Å². The molecule has 3 aromatic rings. The molecule has 170 valence electrons. The van der Waals surface area contributed by atoms with Crippen LogP contribution in [0.3, 0.4) is 0 Å². The van der Waals surface area contributed by atoms with Crippen molar-refractivity contribution in [2.24, 2.45) is 0 Å². The molecule has 1 unspecified atom stereocenters. The minimum absolute atomic E-state index is 0.352. The van der Waals surface area contributed by atoms with E-state index < -0.39 is 5.60 Å². The lowest BCUT2D eigenvalue weighted by molar-refractivity contribution is -0.104. The maximum Gasteiger partial charge on any atom is 0.214 e. The molecule has 0 fully saturated rings. The van der Waals surface area contributed by atoms with Crippen molar-refractivity contribution in [2.75, 3.05) is 21.3 Å². The molecule has 0 aliphatic carbocycles. The van der Waals surface area contributed by atoms with Gasteiger partial charge in [-0.3, -0.25) is 4.79 Å². The van der Waals surface area contributed by atoms with Crippen LogP contribution in [0.5, 0.6) is 17.2 Å². The Hall–Kier alpha value is -4.45. The minimum Gasteiger partial charge on any atom is -0.493 e. The number of hydrogen-bond donors (Lipinski definition) is 1. The maximum absolute atomic E-state index is 11.5. The van der Waals surface area contributed by atoms with Crippen LogP contribution in [0, 0.1) is 23.7 Å². The van der Waals surface area contributed by atoms with Gasteiger partial charge in [0, 0.05) is 16.7 Å². The normalized spacial score (nSPS) is 12.2. The van der Waals surface area contributed by atoms with E-state index in [0.717, 1.165) is 5.56 Å². The van der Waals surface area contributed by atoms with Crippen LogP contribution in [0.2, 0.25) is 0 Å². The molecule has 3 aromatic carbocycles. The van der Waals surface area contributed by atoms with Gasteiger partial charge in [-0.25, -0.2) is 0 Å². The van der Waals surface area contributed by atoms with Crippen molar-refractivity contribution in [2.45, 2.75) is 5.60 Å². The van der Waals surface area contributed by atoms with Crippen molar-refractivity contribution >= 4 is 11.9 Å². The zero-order chi connectivity index (χ0) is 24.4. The van der Waals surface area contributed by atoms with Gasteiger partial charge in [-0.2, -0.15) is 0 Å². The molecule has 1 atom stereocenters. The fraction of sp³-hybridized carbons (Fsp3) is 0.138. The zero-order valence-corrected chi connectivity index (χ0v) is 19.2. The highest BCUT2D eigenvalue weighted by Crippen LogP contribution is 2.39. The second-order valence-corrected chi connectivity index (χ2v) is 7.07. The summed E-state index contributed by atoms with van der Waals surface area (Å²) in [7, 11) is 4.51. The summed E-state index contributed by atoms with van der Waals surface area (Å²) in [5, 5.41) is 11.5. The standard InChI is InChI=1S/C29H24O5/c1-32-26-20-24(21-27(33-2)28(26)34-3)23(16-19-30)15-18-29(31,25-12-8-5-9-13-25)17-14-22-10-6-4-7-11-22/h4-13,16,19-21,31H,1-3H3/b23-16+. The minimum atomic E-state index is -1.78. The van der Waals surface area contributed by atoms with Gasteiger partial charge in [0.2, 0.25) is 11.4 Å². The molecule has 0 radical (unpaired) electrons. The lowest BCUT2D eigenvalue weighted by Gasteiger charge is -2.16. The van der Waals surface area contributed by atoms with Crippen LogP contribution in [0.1, 0.15) is 16.7 Å². The molecule has 5 nitrogen and oxygen atoms in total. The largest absolute Gasteiger partial charge is 0.493 e. The molecule has 0 heterocycles. The Morgan fingerprint density at radius 2 is 1.44 bits per heavy atom. The predicted octanol–water partition coefficient (Wildman–Crippen LogP) is 4.24. The van der Waals surface area contributed by atoms with E-state index in [-0.39, 0.29) is 0 Å². The number of aliphatic hydroxyl groups is 1. The highest BCUT2D eigenvalue weighted by molar-refractivity contribution is 5.90. The van der Waals surface area contributed by atoms with E-state index in [2.05, 4.69) is 23.7 Å². The van der Waals surface area contributed by atoms with Crippen molar-refractivity contribution in [1.82, 2.24) is 0 Å². The highest BCUT2D eigenvalue weighted by atomic mass is 16.5. The summed E-state index contributed by atoms with van der Waals surface area (Å²) >= 11 is 0. The lowest BCUT2D eigenvalue weighted by atomic mass is 9.93. The van der Waals surface area contributed by atoms with E-state index in [9.17, 15) is 9.90 Å². The molecule has 0 amide bonds. The number of carbonyl (C=O) groups excluding carboxylic acids is 1. The Labute approximate surface area is 199 Å². The van der Waals surface area contributed by atoms with Gasteiger partial charge in [0.15, 0.2) is 11.5 Å². The van der Waals surface area contributed by atoms with Crippen LogP contribution in [0.15, 0.2) is 78.9 Å². The van der Waals surface area contributed by atoms with Crippen molar-refractivity contribution in [3.8, 4) is 40.9 Å². The fourth-order valence-electron chi connectivity index (χ4n) is 3.21. The first-order chi connectivity index (χ1) is 16.5. The SMILES string of the molecule is COc1cc(/C(C#CC(O)(C#Cc2ccccc2)c2ccccc2)=C/C=O)cc(OC)c1OC. The average molecular weight is 453 g/mol. The number of benzene rings is 3. The van der Waals surface area contributed by atoms with Gasteiger partial charge in [0.05, 0.1) is 21.3 Å². The van der Waals surface area contributed by atoms with E-state index in [0.29, 0.717) is 40.2 Å². The van der Waals surface area contributed by atoms with E-state index >= 15 is 0 Å². The van der Waals surface area contributed by atoms with Gasteiger partial charge in [-0.15, -0.1) is 0 Å². The smallest absolute Gasteiger partial charge is 0.214 e. The van der Waals surface area contributed by atoms with Crippen LogP contribution in [0.25, 0.3) is 5.57 Å². The summed E-state index contributed by atoms with van der Waals surface area (Å²) in [6.07, 6.45) is 1.94. The van der Waals surface area contributed by atoms with Gasteiger partial charge >= 0.3 is 0 Å². The number of hydrogen-bond acceptors (Lipinski definition) is 5. The van der Waals surface area contributed by atoms with Crippen molar-refractivity contribution in [3.63, 3.8) is 0 Å². The summed E-state index contributed by atoms with van der Waals surface area (Å²) in [5.41, 5.74) is 0.388. The van der Waals surface area contributed by atoms with Crippen LogP contribution >= 0.6 is 0 Å². The number of carbonyl (C=O) groups is 1. The Balaban J connectivity index is 2.13. The number of ether oxygens (including phenoxy) is 3. The molecule has 0 saturated heterocycles. The molecule has 0 aliphatic rings. The van der Waals surface area contributed by atoms with Crippen LogP contribution in [-0.4, -0.2) is 32.7 Å². The summed E-state index contributed by atoms with van der Waals surface area (Å²) < 4.78 is 16.2. The summed E-state index contributed by atoms with van der Waals surface area (Å²) in [4.78, 5) is 11.4. The van der Waals surface area contributed by atoms with Crippen LogP contribution in [0.4, 0.5) is 0 Å². The number of methoxy groups -OCH3 is 3. The Bertz CT molecular complexity index is 1260. The average Bonchev–Trinajstić information content (AvgIpc) is 2.90. The Morgan fingerprint density at radius 3 is 1.97 bits per heavy atom. The first-order valence-corrected chi connectivity index (χ1v) is 10.4. The summed E-state index contributed by atoms with van der Waals surface area (Å²) in [6.45, 7) is 0. The van der Waals surface area contributed by atoms with E-state index in [1.807, 2.05) is 36.4 Å². The topological polar surface area (TPSA) is 65.0 Å². The Kier molecular flexibility index (Phi) is 8.13. The molecule has 3 rings (SSSR count). The highest BCUT2D eigenvalue weighted by Gasteiger charge is 2.24. The summed E-state index contributed by atoms with van der Waals surface area (Å²) in [5.74, 6) is 12.9. The van der Waals surface area contributed by atoms with Crippen LogP contribution in [-0.2, 0) is 10.4 Å². The number of rotatable bonds is 6. The number of allylic oxidation sites excluding steroid dienone is 2. The monoisotopic (exact) mass is 452 g/mol.